The smallest absolute Gasteiger partial charge is 0.263 e. The average molecular weight is 137 g/mol. The fourth-order valence-electron chi connectivity index (χ4n) is 0.837. The maximum absolute atomic E-state index is 10.9. The molecule has 5 heteroatoms. The number of aromatic amines is 3. The highest BCUT2D eigenvalue weighted by molar-refractivity contribution is 5.67. The monoisotopic (exact) mass is 137 g/mol. The topological polar surface area (TPSA) is 75.7 Å². The second-order valence-electron chi connectivity index (χ2n) is 1.92. The molecule has 2 aromatic heterocycles. The molecule has 50 valence electrons. The van der Waals surface area contributed by atoms with Gasteiger partial charge < -0.3 is 0 Å². The Kier molecular flexibility index (Phi) is 0.858. The van der Waals surface area contributed by atoms with Crippen molar-refractivity contribution >= 4 is 11.0 Å². The summed E-state index contributed by atoms with van der Waals surface area (Å²) in [6.45, 7) is 0. The number of imidazole rings is 1. The highest BCUT2D eigenvalue weighted by Crippen LogP contribution is 1.92. The molecule has 5 nitrogen and oxygen atoms in total. The van der Waals surface area contributed by atoms with Crippen LogP contribution in [-0.2, 0) is 0 Å². The van der Waals surface area contributed by atoms with E-state index in [1.807, 2.05) is 0 Å². The number of aromatic nitrogens is 4. The highest BCUT2D eigenvalue weighted by Gasteiger charge is 2.03. The predicted octanol–water partition coefficient (Wildman–Crippen LogP) is -0.935. The molecule has 0 fully saturated rings. The molecule has 0 aliphatic carbocycles. The van der Waals surface area contributed by atoms with E-state index in [2.05, 4.69) is 20.2 Å². The molecule has 0 unspecified atom stereocenters. The molecule has 2 heterocycles. The number of hydrogen-bond acceptors (Lipinski definition) is 2. The molecule has 0 bridgehead atoms. The molecule has 2 aromatic rings. The van der Waals surface area contributed by atoms with Crippen molar-refractivity contribution in [3.05, 3.63) is 22.9 Å². The van der Waals surface area contributed by atoms with E-state index in [0.717, 1.165) is 0 Å². The van der Waals surface area contributed by atoms with Crippen molar-refractivity contribution in [1.82, 2.24) is 15.2 Å². The van der Waals surface area contributed by atoms with Gasteiger partial charge in [-0.2, -0.15) is 5.10 Å². The first-order valence-electron chi connectivity index (χ1n) is 2.80. The van der Waals surface area contributed by atoms with E-state index in [1.54, 1.807) is 12.5 Å². The summed E-state index contributed by atoms with van der Waals surface area (Å²) in [6.07, 6.45) is 3.13. The van der Waals surface area contributed by atoms with E-state index in [0.29, 0.717) is 11.0 Å². The van der Waals surface area contributed by atoms with Crippen LogP contribution in [0.2, 0.25) is 0 Å². The van der Waals surface area contributed by atoms with E-state index in [9.17, 15) is 4.79 Å². The molecule has 0 saturated heterocycles. The van der Waals surface area contributed by atoms with Gasteiger partial charge in [0.25, 0.3) is 0 Å². The van der Waals surface area contributed by atoms with Crippen LogP contribution >= 0.6 is 0 Å². The lowest BCUT2D eigenvalue weighted by atomic mass is 10.5. The zero-order valence-corrected chi connectivity index (χ0v) is 5.01. The van der Waals surface area contributed by atoms with E-state index in [1.165, 1.54) is 0 Å². The van der Waals surface area contributed by atoms with E-state index in [4.69, 9.17) is 0 Å². The zero-order chi connectivity index (χ0) is 6.97. The van der Waals surface area contributed by atoms with E-state index in [-0.39, 0.29) is 5.56 Å². The summed E-state index contributed by atoms with van der Waals surface area (Å²) in [7, 11) is 0. The van der Waals surface area contributed by atoms with Gasteiger partial charge in [0.05, 0.1) is 6.20 Å². The van der Waals surface area contributed by atoms with Crippen molar-refractivity contribution in [2.75, 3.05) is 0 Å². The maximum atomic E-state index is 10.9. The zero-order valence-electron chi connectivity index (χ0n) is 5.01. The Morgan fingerprint density at radius 3 is 3.30 bits per heavy atom. The average Bonchev–Trinajstić information content (AvgIpc) is 2.36. The Morgan fingerprint density at radius 1 is 1.60 bits per heavy atom. The minimum absolute atomic E-state index is 0.209. The van der Waals surface area contributed by atoms with Crippen LogP contribution in [0.3, 0.4) is 0 Å². The van der Waals surface area contributed by atoms with Crippen molar-refractivity contribution < 1.29 is 4.98 Å². The Balaban J connectivity index is 3.09. The standard InChI is InChI=1S/C5H4N4O/c10-5-4-3(1-8-9-5)6-2-7-4/h1-2H,(H,6,7)(H,9,10)/p+1. The summed E-state index contributed by atoms with van der Waals surface area (Å²) in [5, 5.41) is 5.90. The van der Waals surface area contributed by atoms with Gasteiger partial charge in [-0.15, -0.1) is 0 Å². The van der Waals surface area contributed by atoms with Gasteiger partial charge in [-0.1, -0.05) is 0 Å². The normalized spacial score (nSPS) is 10.4. The molecular formula is C5H5N4O+. The number of nitrogens with one attached hydrogen (secondary N) is 3. The Bertz CT molecular complexity index is 401. The number of fused-ring (bicyclic) bond motifs is 1. The molecule has 0 saturated carbocycles. The molecule has 2 rings (SSSR count). The quantitative estimate of drug-likeness (QED) is 0.492. The number of nitrogens with zero attached hydrogens (tertiary/aromatic N) is 1. The van der Waals surface area contributed by atoms with Crippen molar-refractivity contribution in [1.29, 1.82) is 0 Å². The van der Waals surface area contributed by atoms with Gasteiger partial charge in [0.1, 0.15) is 0 Å². The van der Waals surface area contributed by atoms with Crippen LogP contribution in [-0.4, -0.2) is 15.2 Å². The van der Waals surface area contributed by atoms with Crippen LogP contribution in [0.25, 0.3) is 11.0 Å². The van der Waals surface area contributed by atoms with Gasteiger partial charge in [-0.3, -0.25) is 4.79 Å². The Hall–Kier alpha value is -1.65. The fourth-order valence-corrected chi connectivity index (χ4v) is 0.837. The number of H-pyrrole nitrogens is 3. The Labute approximate surface area is 55.1 Å². The summed E-state index contributed by atoms with van der Waals surface area (Å²) in [5.74, 6) is 0. The van der Waals surface area contributed by atoms with Crippen LogP contribution in [0.15, 0.2) is 17.3 Å². The minimum atomic E-state index is -0.209. The number of rotatable bonds is 0. The lowest BCUT2D eigenvalue weighted by Crippen LogP contribution is -2.13. The minimum Gasteiger partial charge on any atom is -0.263 e. The van der Waals surface area contributed by atoms with Crippen LogP contribution in [0.1, 0.15) is 0 Å². The van der Waals surface area contributed by atoms with Crippen LogP contribution < -0.4 is 10.5 Å². The first-order chi connectivity index (χ1) is 4.88. The van der Waals surface area contributed by atoms with E-state index < -0.39 is 0 Å². The predicted molar refractivity (Wildman–Crippen MR) is 33.3 cm³/mol. The van der Waals surface area contributed by atoms with Crippen molar-refractivity contribution in [3.63, 3.8) is 0 Å². The van der Waals surface area contributed by atoms with Crippen LogP contribution in [0, 0.1) is 0 Å². The second-order valence-corrected chi connectivity index (χ2v) is 1.92. The van der Waals surface area contributed by atoms with Crippen molar-refractivity contribution in [3.8, 4) is 0 Å². The maximum Gasteiger partial charge on any atom is 0.315 e. The fraction of sp³-hybridized carbons (Fsp3) is 0. The largest absolute Gasteiger partial charge is 0.315 e. The van der Waals surface area contributed by atoms with Gasteiger partial charge in [-0.25, -0.2) is 15.1 Å². The molecule has 10 heavy (non-hydrogen) atoms. The Morgan fingerprint density at radius 2 is 2.50 bits per heavy atom. The summed E-state index contributed by atoms with van der Waals surface area (Å²) < 4.78 is 0. The van der Waals surface area contributed by atoms with Gasteiger partial charge >= 0.3 is 5.56 Å². The molecular weight excluding hydrogens is 132 g/mol. The lowest BCUT2D eigenvalue weighted by Gasteiger charge is -1.77. The molecule has 3 N–H and O–H groups in total. The lowest BCUT2D eigenvalue weighted by molar-refractivity contribution is -0.345. The molecule has 0 aliphatic rings. The SMILES string of the molecule is O=c1[nH]ncc2[nH]c[nH+]c12. The first-order valence-corrected chi connectivity index (χ1v) is 2.80. The van der Waals surface area contributed by atoms with Gasteiger partial charge in [0, 0.05) is 0 Å². The molecule has 0 aromatic carbocycles. The third-order valence-corrected chi connectivity index (χ3v) is 1.30. The molecule has 0 aliphatic heterocycles. The van der Waals surface area contributed by atoms with Gasteiger partial charge in [0.2, 0.25) is 11.8 Å². The third-order valence-electron chi connectivity index (χ3n) is 1.30. The highest BCUT2D eigenvalue weighted by atomic mass is 16.1. The molecule has 0 radical (unpaired) electrons. The number of hydrogen-bond donors (Lipinski definition) is 2. The van der Waals surface area contributed by atoms with Gasteiger partial charge in [-0.05, 0) is 0 Å². The van der Waals surface area contributed by atoms with Crippen LogP contribution in [0.4, 0.5) is 0 Å². The van der Waals surface area contributed by atoms with Crippen LogP contribution in [0.5, 0.6) is 0 Å². The summed E-state index contributed by atoms with van der Waals surface area (Å²) in [5.41, 5.74) is 1.03. The van der Waals surface area contributed by atoms with Crippen molar-refractivity contribution in [2.24, 2.45) is 0 Å². The first kappa shape index (κ1) is 5.16. The third kappa shape index (κ3) is 0.540. The molecule has 0 spiro atoms. The van der Waals surface area contributed by atoms with E-state index >= 15 is 0 Å². The second kappa shape index (κ2) is 1.66. The summed E-state index contributed by atoms with van der Waals surface area (Å²) >= 11 is 0. The van der Waals surface area contributed by atoms with Gasteiger partial charge in [0.15, 0.2) is 5.52 Å². The molecule has 0 atom stereocenters. The summed E-state index contributed by atoms with van der Waals surface area (Å²) in [6, 6.07) is 0. The van der Waals surface area contributed by atoms with Crippen molar-refractivity contribution in [2.45, 2.75) is 0 Å². The molecule has 0 amide bonds. The summed E-state index contributed by atoms with van der Waals surface area (Å²) in [4.78, 5) is 16.4.